The summed E-state index contributed by atoms with van der Waals surface area (Å²) < 4.78 is 20.5. The summed E-state index contributed by atoms with van der Waals surface area (Å²) in [5.74, 6) is 0.778. The van der Waals surface area contributed by atoms with Crippen molar-refractivity contribution in [2.75, 3.05) is 26.4 Å². The van der Waals surface area contributed by atoms with E-state index in [-0.39, 0.29) is 0 Å². The molecule has 0 aliphatic rings. The molecule has 2 N–H and O–H groups in total. The molecule has 127 valence electrons. The lowest BCUT2D eigenvalue weighted by Gasteiger charge is -2.19. The van der Waals surface area contributed by atoms with Crippen LogP contribution in [0.5, 0.6) is 11.6 Å². The fourth-order valence-corrected chi connectivity index (χ4v) is 1.45. The van der Waals surface area contributed by atoms with Crippen LogP contribution >= 0.6 is 0 Å². The Morgan fingerprint density at radius 2 is 2.13 bits per heavy atom. The van der Waals surface area contributed by atoms with E-state index >= 15 is 0 Å². The first-order chi connectivity index (χ1) is 10.9. The van der Waals surface area contributed by atoms with E-state index in [1.807, 2.05) is 0 Å². The lowest BCUT2D eigenvalue weighted by molar-refractivity contribution is 0.0488. The van der Waals surface area contributed by atoms with Gasteiger partial charge in [0.2, 0.25) is 5.88 Å². The number of rotatable bonds is 9. The largest absolute Gasteiger partial charge is 0.569 e. The second kappa shape index (κ2) is 9.91. The van der Waals surface area contributed by atoms with Gasteiger partial charge in [0, 0.05) is 18.8 Å². The summed E-state index contributed by atoms with van der Waals surface area (Å²) in [6.45, 7) is 6.73. The van der Waals surface area contributed by atoms with Crippen LogP contribution in [0.1, 0.15) is 20.8 Å². The molecule has 1 rings (SSSR count). The van der Waals surface area contributed by atoms with Gasteiger partial charge in [0.25, 0.3) is 0 Å². The first-order valence-electron chi connectivity index (χ1n) is 7.17. The number of nitrogens with zero attached hydrogens (tertiary/aromatic N) is 1. The lowest BCUT2D eigenvalue weighted by Crippen LogP contribution is -2.34. The average Bonchev–Trinajstić information content (AvgIpc) is 2.45. The van der Waals surface area contributed by atoms with Crippen LogP contribution < -0.4 is 14.7 Å². The smallest absolute Gasteiger partial charge is 0.537 e. The number of alkyl carbamates (subject to hydrolysis) is 1. The summed E-state index contributed by atoms with van der Waals surface area (Å²) >= 11 is 0. The van der Waals surface area contributed by atoms with Crippen molar-refractivity contribution in [2.24, 2.45) is 0 Å². The van der Waals surface area contributed by atoms with Crippen molar-refractivity contribution in [1.29, 1.82) is 0 Å². The first kappa shape index (κ1) is 19.1. The maximum atomic E-state index is 11.4. The number of ether oxygens (including phenoxy) is 3. The number of aromatic nitrogens is 1. The van der Waals surface area contributed by atoms with Crippen molar-refractivity contribution in [3.63, 3.8) is 0 Å². The predicted octanol–water partition coefficient (Wildman–Crippen LogP) is 0.907. The predicted molar refractivity (Wildman–Crippen MR) is 83.4 cm³/mol. The van der Waals surface area contributed by atoms with E-state index in [4.69, 9.17) is 23.9 Å². The van der Waals surface area contributed by atoms with Crippen LogP contribution in [0.3, 0.4) is 0 Å². The fourth-order valence-electron chi connectivity index (χ4n) is 1.45. The second-order valence-electron chi connectivity index (χ2n) is 5.44. The summed E-state index contributed by atoms with van der Waals surface area (Å²) in [5.41, 5.74) is -0.516. The molecule has 0 aliphatic heterocycles. The van der Waals surface area contributed by atoms with Crippen LogP contribution in [-0.2, 0) is 9.47 Å². The van der Waals surface area contributed by atoms with Gasteiger partial charge in [-0.25, -0.2) is 9.78 Å². The number of carbonyl (C=O) groups is 1. The van der Waals surface area contributed by atoms with Crippen molar-refractivity contribution < 1.29 is 28.7 Å². The standard InChI is InChI=1S/C14H22BN2O6/c1-14(2,3)22-13(18)17-6-7-20-8-9-21-12-10-11(23-15-19)4-5-16-12/h4-5,10,19H,6-9H2,1-3H3,(H,17,18). The van der Waals surface area contributed by atoms with Crippen LogP contribution in [-0.4, -0.2) is 55.8 Å². The minimum atomic E-state index is -0.516. The summed E-state index contributed by atoms with van der Waals surface area (Å²) in [7, 11) is 0.583. The number of hydrogen-bond acceptors (Lipinski definition) is 7. The van der Waals surface area contributed by atoms with E-state index in [1.165, 1.54) is 12.3 Å². The highest BCUT2D eigenvalue weighted by Gasteiger charge is 2.15. The molecule has 0 saturated heterocycles. The fraction of sp³-hybridized carbons (Fsp3) is 0.571. The zero-order valence-electron chi connectivity index (χ0n) is 13.6. The Morgan fingerprint density at radius 3 is 2.83 bits per heavy atom. The van der Waals surface area contributed by atoms with Gasteiger partial charge in [-0.3, -0.25) is 0 Å². The molecule has 1 amide bonds. The van der Waals surface area contributed by atoms with Gasteiger partial charge >= 0.3 is 13.8 Å². The second-order valence-corrected chi connectivity index (χ2v) is 5.44. The summed E-state index contributed by atoms with van der Waals surface area (Å²) in [6.07, 6.45) is 1.03. The third kappa shape index (κ3) is 9.59. The summed E-state index contributed by atoms with van der Waals surface area (Å²) in [5, 5.41) is 11.1. The molecule has 1 aromatic rings. The minimum absolute atomic E-state index is 0.297. The minimum Gasteiger partial charge on any atom is -0.537 e. The molecule has 9 heteroatoms. The lowest BCUT2D eigenvalue weighted by atomic mass is 10.2. The molecule has 1 aromatic heterocycles. The van der Waals surface area contributed by atoms with Crippen LogP contribution in [0.2, 0.25) is 0 Å². The normalized spacial score (nSPS) is 10.8. The zero-order valence-corrected chi connectivity index (χ0v) is 13.6. The molecule has 0 bridgehead atoms. The van der Waals surface area contributed by atoms with E-state index in [9.17, 15) is 4.79 Å². The topological polar surface area (TPSA) is 99.1 Å². The van der Waals surface area contributed by atoms with Crippen LogP contribution in [0, 0.1) is 0 Å². The molecule has 0 spiro atoms. The highest BCUT2D eigenvalue weighted by atomic mass is 16.6. The Labute approximate surface area is 136 Å². The van der Waals surface area contributed by atoms with E-state index in [1.54, 1.807) is 26.8 Å². The van der Waals surface area contributed by atoms with Gasteiger partial charge in [0.15, 0.2) is 0 Å². The SMILES string of the molecule is CC(C)(C)OC(=O)NCCOCCOc1cc(O[B]O)ccn1. The maximum absolute atomic E-state index is 11.4. The third-order valence-electron chi connectivity index (χ3n) is 2.29. The van der Waals surface area contributed by atoms with Crippen LogP contribution in [0.4, 0.5) is 4.79 Å². The van der Waals surface area contributed by atoms with Crippen molar-refractivity contribution in [2.45, 2.75) is 26.4 Å². The molecule has 0 unspecified atom stereocenters. The molecular weight excluding hydrogens is 303 g/mol. The Morgan fingerprint density at radius 1 is 1.35 bits per heavy atom. The monoisotopic (exact) mass is 325 g/mol. The molecule has 0 aliphatic carbocycles. The average molecular weight is 325 g/mol. The Bertz CT molecular complexity index is 481. The van der Waals surface area contributed by atoms with Gasteiger partial charge in [-0.15, -0.1) is 0 Å². The molecule has 0 atom stereocenters. The molecule has 1 heterocycles. The highest BCUT2D eigenvalue weighted by Crippen LogP contribution is 2.15. The molecule has 0 fully saturated rings. The number of amides is 1. The van der Waals surface area contributed by atoms with Gasteiger partial charge in [0.05, 0.1) is 13.2 Å². The molecule has 0 saturated carbocycles. The van der Waals surface area contributed by atoms with Crippen molar-refractivity contribution >= 4 is 13.8 Å². The number of pyridine rings is 1. The van der Waals surface area contributed by atoms with E-state index in [0.717, 1.165) is 0 Å². The number of carbonyl (C=O) groups excluding carboxylic acids is 1. The van der Waals surface area contributed by atoms with E-state index in [0.29, 0.717) is 45.7 Å². The van der Waals surface area contributed by atoms with E-state index in [2.05, 4.69) is 10.3 Å². The maximum Gasteiger partial charge on any atom is 0.569 e. The number of hydrogen-bond donors (Lipinski definition) is 2. The summed E-state index contributed by atoms with van der Waals surface area (Å²) in [4.78, 5) is 15.3. The van der Waals surface area contributed by atoms with Crippen LogP contribution in [0.15, 0.2) is 18.3 Å². The highest BCUT2D eigenvalue weighted by molar-refractivity contribution is 6.17. The van der Waals surface area contributed by atoms with Gasteiger partial charge in [0.1, 0.15) is 18.0 Å². The molecule has 23 heavy (non-hydrogen) atoms. The van der Waals surface area contributed by atoms with Gasteiger partial charge in [-0.05, 0) is 26.8 Å². The molecule has 0 aromatic carbocycles. The van der Waals surface area contributed by atoms with E-state index < -0.39 is 11.7 Å². The molecular formula is C14H22BN2O6. The van der Waals surface area contributed by atoms with Gasteiger partial charge < -0.3 is 29.2 Å². The third-order valence-corrected chi connectivity index (χ3v) is 2.29. The van der Waals surface area contributed by atoms with Crippen molar-refractivity contribution in [1.82, 2.24) is 10.3 Å². The van der Waals surface area contributed by atoms with Gasteiger partial charge in [-0.1, -0.05) is 0 Å². The Kier molecular flexibility index (Phi) is 8.21. The number of nitrogens with one attached hydrogen (secondary N) is 1. The van der Waals surface area contributed by atoms with Crippen molar-refractivity contribution in [3.8, 4) is 11.6 Å². The molecule has 1 radical (unpaired) electrons. The first-order valence-corrected chi connectivity index (χ1v) is 7.17. The van der Waals surface area contributed by atoms with Crippen molar-refractivity contribution in [3.05, 3.63) is 18.3 Å². The Hall–Kier alpha value is -2.00. The molecule has 8 nitrogen and oxygen atoms in total. The van der Waals surface area contributed by atoms with Gasteiger partial charge in [-0.2, -0.15) is 0 Å². The summed E-state index contributed by atoms with van der Waals surface area (Å²) in [6, 6.07) is 3.12. The zero-order chi connectivity index (χ0) is 17.1. The van der Waals surface area contributed by atoms with Crippen LogP contribution in [0.25, 0.3) is 0 Å². The quantitative estimate of drug-likeness (QED) is 0.514. The Balaban J connectivity index is 2.07.